The van der Waals surface area contributed by atoms with Crippen LogP contribution in [0.3, 0.4) is 0 Å². The molecule has 104 valence electrons. The van der Waals surface area contributed by atoms with Gasteiger partial charge in [-0.05, 0) is 13.0 Å². The minimum atomic E-state index is -0.545. The smallest absolute Gasteiger partial charge is 0.338 e. The molecule has 3 rings (SSSR count). The largest absolute Gasteiger partial charge is 0.494 e. The normalized spacial score (nSPS) is 20.9. The number of hydrogen-bond donors (Lipinski definition) is 2. The van der Waals surface area contributed by atoms with Crippen molar-refractivity contribution >= 4 is 12.0 Å². The first-order valence-corrected chi connectivity index (χ1v) is 6.40. The Balaban J connectivity index is 2.06. The molecule has 0 saturated heterocycles. The molecule has 1 atom stereocenters. The third kappa shape index (κ3) is 1.99. The summed E-state index contributed by atoms with van der Waals surface area (Å²) in [7, 11) is 0. The lowest BCUT2D eigenvalue weighted by molar-refractivity contribution is -0.136. The number of rotatable bonds is 3. The van der Waals surface area contributed by atoms with Crippen LogP contribution in [0.25, 0.3) is 0 Å². The van der Waals surface area contributed by atoms with E-state index in [0.29, 0.717) is 23.6 Å². The molecule has 0 bridgehead atoms. The van der Waals surface area contributed by atoms with Crippen molar-refractivity contribution < 1.29 is 19.1 Å². The van der Waals surface area contributed by atoms with Gasteiger partial charge in [-0.3, -0.25) is 0 Å². The van der Waals surface area contributed by atoms with Crippen molar-refractivity contribution in [3.63, 3.8) is 0 Å². The number of urea groups is 1. The first-order valence-electron chi connectivity index (χ1n) is 6.40. The lowest BCUT2D eigenvalue weighted by atomic mass is 9.95. The Kier molecular flexibility index (Phi) is 3.06. The molecule has 20 heavy (non-hydrogen) atoms. The van der Waals surface area contributed by atoms with E-state index in [9.17, 15) is 9.59 Å². The molecule has 1 aromatic carbocycles. The van der Waals surface area contributed by atoms with E-state index in [-0.39, 0.29) is 12.6 Å². The molecular formula is C14H14N2O4. The summed E-state index contributed by atoms with van der Waals surface area (Å²) >= 11 is 0. The van der Waals surface area contributed by atoms with Gasteiger partial charge in [0, 0.05) is 5.56 Å². The average molecular weight is 274 g/mol. The minimum Gasteiger partial charge on any atom is -0.494 e. The summed E-state index contributed by atoms with van der Waals surface area (Å²) in [5.74, 6) is 0.234. The van der Waals surface area contributed by atoms with Crippen LogP contribution in [0.4, 0.5) is 4.79 Å². The SMILES string of the molecule is CCOc1ccccc1[C@H]1NC(=O)NC2=C1C(=O)OC2. The van der Waals surface area contributed by atoms with Gasteiger partial charge in [0.25, 0.3) is 0 Å². The molecule has 0 saturated carbocycles. The van der Waals surface area contributed by atoms with Crippen LogP contribution in [0.15, 0.2) is 35.5 Å². The van der Waals surface area contributed by atoms with Crippen molar-refractivity contribution in [1.29, 1.82) is 0 Å². The van der Waals surface area contributed by atoms with E-state index in [0.717, 1.165) is 5.56 Å². The maximum atomic E-state index is 11.9. The van der Waals surface area contributed by atoms with E-state index in [1.165, 1.54) is 0 Å². The van der Waals surface area contributed by atoms with Gasteiger partial charge in [0.15, 0.2) is 0 Å². The van der Waals surface area contributed by atoms with Gasteiger partial charge in [0.1, 0.15) is 12.4 Å². The van der Waals surface area contributed by atoms with Crippen LogP contribution in [0, 0.1) is 0 Å². The Labute approximate surface area is 115 Å². The van der Waals surface area contributed by atoms with Crippen molar-refractivity contribution in [3.8, 4) is 5.75 Å². The lowest BCUT2D eigenvalue weighted by Crippen LogP contribution is -2.44. The van der Waals surface area contributed by atoms with Gasteiger partial charge < -0.3 is 20.1 Å². The zero-order valence-electron chi connectivity index (χ0n) is 10.9. The highest BCUT2D eigenvalue weighted by atomic mass is 16.5. The molecule has 2 heterocycles. The van der Waals surface area contributed by atoms with Crippen molar-refractivity contribution in [2.45, 2.75) is 13.0 Å². The zero-order valence-corrected chi connectivity index (χ0v) is 10.9. The highest BCUT2D eigenvalue weighted by Gasteiger charge is 2.38. The van der Waals surface area contributed by atoms with Gasteiger partial charge in [-0.15, -0.1) is 0 Å². The first-order chi connectivity index (χ1) is 9.70. The highest BCUT2D eigenvalue weighted by Crippen LogP contribution is 2.35. The van der Waals surface area contributed by atoms with E-state index < -0.39 is 12.0 Å². The van der Waals surface area contributed by atoms with Gasteiger partial charge in [-0.25, -0.2) is 9.59 Å². The molecule has 2 N–H and O–H groups in total. The van der Waals surface area contributed by atoms with Gasteiger partial charge in [0.2, 0.25) is 0 Å². The van der Waals surface area contributed by atoms with Crippen molar-refractivity contribution in [2.75, 3.05) is 13.2 Å². The van der Waals surface area contributed by atoms with E-state index >= 15 is 0 Å². The summed E-state index contributed by atoms with van der Waals surface area (Å²) in [5.41, 5.74) is 1.71. The molecule has 0 aromatic heterocycles. The Morgan fingerprint density at radius 3 is 2.95 bits per heavy atom. The highest BCUT2D eigenvalue weighted by molar-refractivity contribution is 5.97. The van der Waals surface area contributed by atoms with Crippen LogP contribution in [-0.2, 0) is 9.53 Å². The summed E-state index contributed by atoms with van der Waals surface area (Å²) < 4.78 is 10.6. The standard InChI is InChI=1S/C14H14N2O4/c1-2-19-10-6-4-3-5-8(10)12-11-9(7-20-13(11)17)15-14(18)16-12/h3-6,12H,2,7H2,1H3,(H2,15,16,18)/t12-/m1/s1. The number of ether oxygens (including phenoxy) is 2. The van der Waals surface area contributed by atoms with Crippen molar-refractivity contribution in [2.24, 2.45) is 0 Å². The molecule has 6 nitrogen and oxygen atoms in total. The molecule has 0 spiro atoms. The third-order valence-corrected chi connectivity index (χ3v) is 3.25. The van der Waals surface area contributed by atoms with Crippen LogP contribution >= 0.6 is 0 Å². The second-order valence-corrected chi connectivity index (χ2v) is 4.47. The first kappa shape index (κ1) is 12.5. The predicted octanol–water partition coefficient (Wildman–Crippen LogP) is 1.25. The molecule has 2 aliphatic rings. The van der Waals surface area contributed by atoms with E-state index in [2.05, 4.69) is 10.6 Å². The van der Waals surface area contributed by atoms with E-state index in [4.69, 9.17) is 9.47 Å². The summed E-state index contributed by atoms with van der Waals surface area (Å²) in [6, 6.07) is 6.44. The molecular weight excluding hydrogens is 260 g/mol. The summed E-state index contributed by atoms with van der Waals surface area (Å²) in [6.45, 7) is 2.49. The molecule has 2 amide bonds. The van der Waals surface area contributed by atoms with Crippen LogP contribution in [0.5, 0.6) is 5.75 Å². The maximum absolute atomic E-state index is 11.9. The van der Waals surface area contributed by atoms with Gasteiger partial charge in [0.05, 0.1) is 23.9 Å². The molecule has 0 aliphatic carbocycles. The number of carbonyl (C=O) groups is 2. The molecule has 0 radical (unpaired) electrons. The molecule has 0 fully saturated rings. The minimum absolute atomic E-state index is 0.106. The van der Waals surface area contributed by atoms with Crippen LogP contribution in [0.1, 0.15) is 18.5 Å². The maximum Gasteiger partial charge on any atom is 0.338 e. The Bertz CT molecular complexity index is 609. The van der Waals surface area contributed by atoms with E-state index in [1.54, 1.807) is 0 Å². The fourth-order valence-electron chi connectivity index (χ4n) is 2.43. The fourth-order valence-corrected chi connectivity index (χ4v) is 2.43. The fraction of sp³-hybridized carbons (Fsp3) is 0.286. The Morgan fingerprint density at radius 2 is 2.15 bits per heavy atom. The number of esters is 1. The monoisotopic (exact) mass is 274 g/mol. The van der Waals surface area contributed by atoms with Crippen molar-refractivity contribution in [3.05, 3.63) is 41.1 Å². The quantitative estimate of drug-likeness (QED) is 0.813. The Morgan fingerprint density at radius 1 is 1.35 bits per heavy atom. The van der Waals surface area contributed by atoms with Gasteiger partial charge >= 0.3 is 12.0 Å². The zero-order chi connectivity index (χ0) is 14.1. The number of amides is 2. The average Bonchev–Trinajstić information content (AvgIpc) is 2.80. The number of benzene rings is 1. The molecule has 6 heteroatoms. The number of hydrogen-bond acceptors (Lipinski definition) is 4. The topological polar surface area (TPSA) is 76.7 Å². The summed E-state index contributed by atoms with van der Waals surface area (Å²) in [4.78, 5) is 23.6. The second-order valence-electron chi connectivity index (χ2n) is 4.47. The number of carbonyl (C=O) groups excluding carboxylic acids is 2. The number of nitrogens with one attached hydrogen (secondary N) is 2. The molecule has 1 aromatic rings. The van der Waals surface area contributed by atoms with E-state index in [1.807, 2.05) is 31.2 Å². The number of cyclic esters (lactones) is 1. The summed E-state index contributed by atoms with van der Waals surface area (Å²) in [6.07, 6.45) is 0. The van der Waals surface area contributed by atoms with Crippen LogP contribution in [0.2, 0.25) is 0 Å². The lowest BCUT2D eigenvalue weighted by Gasteiger charge is -2.26. The molecule has 2 aliphatic heterocycles. The van der Waals surface area contributed by atoms with Gasteiger partial charge in [-0.1, -0.05) is 18.2 Å². The van der Waals surface area contributed by atoms with Crippen molar-refractivity contribution in [1.82, 2.24) is 10.6 Å². The van der Waals surface area contributed by atoms with Crippen LogP contribution in [-0.4, -0.2) is 25.2 Å². The summed E-state index contributed by atoms with van der Waals surface area (Å²) in [5, 5.41) is 5.35. The van der Waals surface area contributed by atoms with Crippen LogP contribution < -0.4 is 15.4 Å². The Hall–Kier alpha value is -2.50. The van der Waals surface area contributed by atoms with Gasteiger partial charge in [-0.2, -0.15) is 0 Å². The molecule has 0 unspecified atom stereocenters. The number of para-hydroxylation sites is 1. The second kappa shape index (κ2) is 4.88. The predicted molar refractivity (Wildman–Crippen MR) is 70.0 cm³/mol. The third-order valence-electron chi connectivity index (χ3n) is 3.25.